The monoisotopic (exact) mass is 373 g/mol. The highest BCUT2D eigenvalue weighted by molar-refractivity contribution is 7.13. The molecule has 4 nitrogen and oxygen atoms in total. The molecule has 0 aliphatic rings. The summed E-state index contributed by atoms with van der Waals surface area (Å²) < 4.78 is 43.9. The number of nitrogens with zero attached hydrogens (tertiary/aromatic N) is 3. The zero-order valence-electron chi connectivity index (χ0n) is 13.1. The average molecular weight is 373 g/mol. The largest absolute Gasteiger partial charge is 0.416 e. The molecule has 0 radical (unpaired) electrons. The summed E-state index contributed by atoms with van der Waals surface area (Å²) in [4.78, 5) is 8.69. The number of alkyl halides is 3. The molecule has 0 aliphatic carbocycles. The number of hydrogen-bond donors (Lipinski definition) is 0. The number of aromatic nitrogens is 3. The molecule has 0 bridgehead atoms. The van der Waals surface area contributed by atoms with Gasteiger partial charge in [0.2, 0.25) is 0 Å². The summed E-state index contributed by atoms with van der Waals surface area (Å²) in [6, 6.07) is 12.1. The smallest absolute Gasteiger partial charge is 0.354 e. The van der Waals surface area contributed by atoms with Crippen LogP contribution in [0.4, 0.5) is 13.2 Å². The Bertz CT molecular complexity index is 1040. The molecule has 0 aliphatic heterocycles. The Morgan fingerprint density at radius 2 is 1.81 bits per heavy atom. The van der Waals surface area contributed by atoms with Crippen LogP contribution in [0.5, 0.6) is 0 Å². The van der Waals surface area contributed by atoms with Crippen LogP contribution in [0.2, 0.25) is 0 Å². The van der Waals surface area contributed by atoms with Gasteiger partial charge in [0.15, 0.2) is 5.76 Å². The van der Waals surface area contributed by atoms with Crippen molar-refractivity contribution in [1.29, 1.82) is 0 Å². The van der Waals surface area contributed by atoms with Crippen LogP contribution in [0.3, 0.4) is 0 Å². The van der Waals surface area contributed by atoms with E-state index in [4.69, 9.17) is 4.52 Å². The van der Waals surface area contributed by atoms with Gasteiger partial charge >= 0.3 is 6.18 Å². The van der Waals surface area contributed by atoms with Crippen molar-refractivity contribution in [2.24, 2.45) is 0 Å². The first kappa shape index (κ1) is 16.5. The Kier molecular flexibility index (Phi) is 4.04. The van der Waals surface area contributed by atoms with Gasteiger partial charge in [-0.05, 0) is 24.3 Å². The fraction of sp³-hybridized carbons (Fsp3) is 0.0556. The lowest BCUT2D eigenvalue weighted by atomic mass is 10.1. The van der Waals surface area contributed by atoms with Crippen LogP contribution >= 0.6 is 11.3 Å². The highest BCUT2D eigenvalue weighted by Gasteiger charge is 2.30. The van der Waals surface area contributed by atoms with Gasteiger partial charge in [-0.1, -0.05) is 23.4 Å². The molecule has 0 unspecified atom stereocenters. The Balaban J connectivity index is 1.64. The molecule has 3 heterocycles. The van der Waals surface area contributed by atoms with E-state index < -0.39 is 11.7 Å². The maximum atomic E-state index is 12.9. The Morgan fingerprint density at radius 1 is 0.923 bits per heavy atom. The molecular formula is C18H10F3N3OS. The molecule has 1 aromatic carbocycles. The van der Waals surface area contributed by atoms with Gasteiger partial charge in [0.1, 0.15) is 16.4 Å². The summed E-state index contributed by atoms with van der Waals surface area (Å²) in [6.07, 6.45) is -2.73. The van der Waals surface area contributed by atoms with Crippen molar-refractivity contribution < 1.29 is 17.7 Å². The topological polar surface area (TPSA) is 51.8 Å². The number of hydrogen-bond acceptors (Lipinski definition) is 5. The molecule has 130 valence electrons. The van der Waals surface area contributed by atoms with Gasteiger partial charge in [-0.25, -0.2) is 4.98 Å². The first-order chi connectivity index (χ1) is 12.5. The molecule has 4 aromatic rings. The predicted octanol–water partition coefficient (Wildman–Crippen LogP) is 5.55. The number of rotatable bonds is 3. The van der Waals surface area contributed by atoms with Crippen molar-refractivity contribution in [3.63, 3.8) is 0 Å². The van der Waals surface area contributed by atoms with Gasteiger partial charge in [-0.3, -0.25) is 4.98 Å². The fourth-order valence-electron chi connectivity index (χ4n) is 2.38. The van der Waals surface area contributed by atoms with E-state index in [1.165, 1.54) is 17.4 Å². The quantitative estimate of drug-likeness (QED) is 0.473. The third-order valence-electron chi connectivity index (χ3n) is 3.64. The van der Waals surface area contributed by atoms with Crippen molar-refractivity contribution in [2.75, 3.05) is 0 Å². The minimum atomic E-state index is -4.41. The maximum Gasteiger partial charge on any atom is 0.416 e. The van der Waals surface area contributed by atoms with Crippen LogP contribution in [-0.4, -0.2) is 15.1 Å². The van der Waals surface area contributed by atoms with Gasteiger partial charge < -0.3 is 4.52 Å². The lowest BCUT2D eigenvalue weighted by Crippen LogP contribution is -2.04. The van der Waals surface area contributed by atoms with Crippen molar-refractivity contribution in [3.05, 3.63) is 65.7 Å². The number of halogens is 3. The summed E-state index contributed by atoms with van der Waals surface area (Å²) in [5.74, 6) is 0.385. The van der Waals surface area contributed by atoms with Crippen LogP contribution < -0.4 is 0 Å². The molecule has 3 aromatic heterocycles. The van der Waals surface area contributed by atoms with Gasteiger partial charge in [-0.15, -0.1) is 11.3 Å². The summed E-state index contributed by atoms with van der Waals surface area (Å²) in [5.41, 5.74) is 1.21. The minimum absolute atomic E-state index is 0.318. The highest BCUT2D eigenvalue weighted by atomic mass is 32.1. The lowest BCUT2D eigenvalue weighted by Gasteiger charge is -2.06. The summed E-state index contributed by atoms with van der Waals surface area (Å²) in [7, 11) is 0. The van der Waals surface area contributed by atoms with Gasteiger partial charge in [0, 0.05) is 23.2 Å². The van der Waals surface area contributed by atoms with E-state index in [1.54, 1.807) is 23.7 Å². The zero-order chi connectivity index (χ0) is 18.1. The van der Waals surface area contributed by atoms with Crippen LogP contribution in [0.25, 0.3) is 33.4 Å². The first-order valence-corrected chi connectivity index (χ1v) is 8.40. The number of thiazole rings is 1. The molecule has 4 rings (SSSR count). The van der Waals surface area contributed by atoms with Gasteiger partial charge in [0.05, 0.1) is 11.3 Å². The van der Waals surface area contributed by atoms with E-state index in [0.29, 0.717) is 22.7 Å². The third-order valence-corrected chi connectivity index (χ3v) is 4.50. The molecule has 0 fully saturated rings. The summed E-state index contributed by atoms with van der Waals surface area (Å²) in [6.45, 7) is 0. The second-order valence-electron chi connectivity index (χ2n) is 5.41. The van der Waals surface area contributed by atoms with E-state index in [2.05, 4.69) is 15.1 Å². The van der Waals surface area contributed by atoms with E-state index in [9.17, 15) is 13.2 Å². The van der Waals surface area contributed by atoms with Crippen molar-refractivity contribution in [1.82, 2.24) is 15.1 Å². The lowest BCUT2D eigenvalue weighted by molar-refractivity contribution is -0.137. The van der Waals surface area contributed by atoms with Crippen molar-refractivity contribution >= 4 is 11.3 Å². The maximum absolute atomic E-state index is 12.9. The zero-order valence-corrected chi connectivity index (χ0v) is 13.9. The fourth-order valence-corrected chi connectivity index (χ4v) is 3.17. The van der Waals surface area contributed by atoms with Gasteiger partial charge in [-0.2, -0.15) is 13.2 Å². The Labute approximate surface area is 150 Å². The number of benzene rings is 1. The molecule has 0 saturated carbocycles. The van der Waals surface area contributed by atoms with Gasteiger partial charge in [0.25, 0.3) is 0 Å². The standard InChI is InChI=1S/C18H10F3N3OS/c19-18(20,21)12-5-3-4-11(8-12)14-9-16(25-24-14)15-10-26-17(23-15)13-6-1-2-7-22-13/h1-10H. The van der Waals surface area contributed by atoms with E-state index >= 15 is 0 Å². The summed E-state index contributed by atoms with van der Waals surface area (Å²) >= 11 is 1.40. The molecule has 0 atom stereocenters. The SMILES string of the molecule is FC(F)(F)c1cccc(-c2cc(-c3csc(-c4ccccn4)n3)on2)c1. The minimum Gasteiger partial charge on any atom is -0.354 e. The Morgan fingerprint density at radius 3 is 2.58 bits per heavy atom. The average Bonchev–Trinajstić information content (AvgIpc) is 3.31. The second kappa shape index (κ2) is 6.38. The van der Waals surface area contributed by atoms with Crippen LogP contribution in [-0.2, 0) is 6.18 Å². The molecule has 0 amide bonds. The van der Waals surface area contributed by atoms with E-state index in [-0.39, 0.29) is 0 Å². The first-order valence-electron chi connectivity index (χ1n) is 7.52. The molecule has 26 heavy (non-hydrogen) atoms. The van der Waals surface area contributed by atoms with Crippen molar-refractivity contribution in [2.45, 2.75) is 6.18 Å². The van der Waals surface area contributed by atoms with Crippen molar-refractivity contribution in [3.8, 4) is 33.4 Å². The van der Waals surface area contributed by atoms with Crippen LogP contribution in [0, 0.1) is 0 Å². The second-order valence-corrected chi connectivity index (χ2v) is 6.27. The summed E-state index contributed by atoms with van der Waals surface area (Å²) in [5, 5.41) is 6.39. The normalized spacial score (nSPS) is 11.7. The molecule has 0 spiro atoms. The Hall–Kier alpha value is -3.00. The van der Waals surface area contributed by atoms with Crippen LogP contribution in [0.15, 0.2) is 64.6 Å². The van der Waals surface area contributed by atoms with E-state index in [0.717, 1.165) is 22.8 Å². The molecule has 0 saturated heterocycles. The molecule has 8 heteroatoms. The third kappa shape index (κ3) is 3.23. The highest BCUT2D eigenvalue weighted by Crippen LogP contribution is 2.34. The van der Waals surface area contributed by atoms with E-state index in [1.807, 2.05) is 18.2 Å². The van der Waals surface area contributed by atoms with Crippen LogP contribution in [0.1, 0.15) is 5.56 Å². The molecule has 0 N–H and O–H groups in total. The molecular weight excluding hydrogens is 363 g/mol. The number of pyridine rings is 1. The predicted molar refractivity (Wildman–Crippen MR) is 91.3 cm³/mol.